The minimum absolute atomic E-state index is 0.204. The first-order valence-electron chi connectivity index (χ1n) is 11.6. The molecule has 0 aliphatic heterocycles. The zero-order valence-electron chi connectivity index (χ0n) is 20.5. The Kier molecular flexibility index (Phi) is 17.0. The smallest absolute Gasteiger partial charge is 0.406 e. The second-order valence-corrected chi connectivity index (χ2v) is 11.6. The normalized spacial score (nSPS) is 13.8. The molecule has 1 atom stereocenters. The predicted molar refractivity (Wildman–Crippen MR) is 126 cm³/mol. The molecule has 12 heteroatoms. The van der Waals surface area contributed by atoms with E-state index in [0.29, 0.717) is 32.2 Å². The minimum Gasteiger partial charge on any atom is -0.480 e. The maximum Gasteiger partial charge on any atom is 0.406 e. The van der Waals surface area contributed by atoms with Crippen molar-refractivity contribution in [2.75, 3.05) is 19.8 Å². The molecule has 0 amide bonds. The summed E-state index contributed by atoms with van der Waals surface area (Å²) in [7, 11) is -7.18. The van der Waals surface area contributed by atoms with Gasteiger partial charge in [0, 0.05) is 6.54 Å². The van der Waals surface area contributed by atoms with E-state index in [1.807, 2.05) is 13.8 Å². The molecule has 0 unspecified atom stereocenters. The number of carboxylic acids is 1. The number of carbonyl (C=O) groups is 1. The molecule has 0 heterocycles. The van der Waals surface area contributed by atoms with Crippen LogP contribution in [0, 0.1) is 0 Å². The van der Waals surface area contributed by atoms with Crippen LogP contribution in [0.15, 0.2) is 0 Å². The van der Waals surface area contributed by atoms with Gasteiger partial charge in [-0.2, -0.15) is 0 Å². The fourth-order valence-corrected chi connectivity index (χ4v) is 5.87. The predicted octanol–water partition coefficient (Wildman–Crippen LogP) is 5.49. The van der Waals surface area contributed by atoms with E-state index in [1.165, 1.54) is 0 Å². The fourth-order valence-electron chi connectivity index (χ4n) is 2.55. The molecule has 0 radical (unpaired) electrons. The molecular formula is C20H44N2O8P2. The first kappa shape index (κ1) is 31.7. The Morgan fingerprint density at radius 1 is 0.844 bits per heavy atom. The summed E-state index contributed by atoms with van der Waals surface area (Å²) in [5.74, 6) is -1.13. The zero-order valence-corrected chi connectivity index (χ0v) is 22.3. The number of carboxylic acid groups (broad SMARTS) is 1. The summed E-state index contributed by atoms with van der Waals surface area (Å²) in [6.45, 7) is 11.8. The molecule has 0 spiro atoms. The molecule has 0 aliphatic rings. The molecule has 0 aromatic heterocycles. The Morgan fingerprint density at radius 3 is 1.75 bits per heavy atom. The van der Waals surface area contributed by atoms with Crippen molar-refractivity contribution in [2.24, 2.45) is 0 Å². The van der Waals surface area contributed by atoms with Gasteiger partial charge in [0.25, 0.3) is 0 Å². The number of aliphatic carboxylic acids is 1. The van der Waals surface area contributed by atoms with E-state index in [9.17, 15) is 19.0 Å². The number of hydrogen-bond donors (Lipinski definition) is 3. The van der Waals surface area contributed by atoms with Gasteiger partial charge in [-0.05, 0) is 53.4 Å². The van der Waals surface area contributed by atoms with Crippen LogP contribution in [-0.2, 0) is 32.0 Å². The summed E-state index contributed by atoms with van der Waals surface area (Å²) in [5, 5.41) is 15.0. The highest BCUT2D eigenvalue weighted by atomic mass is 31.2. The Hall–Kier alpha value is -0.310. The van der Waals surface area contributed by atoms with E-state index >= 15 is 0 Å². The van der Waals surface area contributed by atoms with Crippen molar-refractivity contribution < 1.29 is 37.1 Å². The lowest BCUT2D eigenvalue weighted by atomic mass is 10.1. The SMILES string of the molecule is CCCCOP(=O)(N[C@@H](CCCCNP(=O)(OC(C)C)OC(C)C)C(=O)O)OCCCC. The second-order valence-electron chi connectivity index (χ2n) is 8.10. The highest BCUT2D eigenvalue weighted by Gasteiger charge is 2.32. The number of hydrogen-bond acceptors (Lipinski definition) is 7. The maximum atomic E-state index is 13.0. The first-order valence-corrected chi connectivity index (χ1v) is 14.7. The van der Waals surface area contributed by atoms with Crippen LogP contribution in [0.1, 0.15) is 86.5 Å². The summed E-state index contributed by atoms with van der Waals surface area (Å²) in [4.78, 5) is 11.7. The third-order valence-corrected chi connectivity index (χ3v) is 7.74. The molecular weight excluding hydrogens is 458 g/mol. The summed E-state index contributed by atoms with van der Waals surface area (Å²) in [6, 6.07) is -1.09. The van der Waals surface area contributed by atoms with E-state index in [4.69, 9.17) is 18.1 Å². The Bertz CT molecular complexity index is 576. The standard InChI is InChI=1S/C20H44N2O8P2/c1-7-9-15-27-32(26,28-16-10-8-2)22-19(20(23)24)13-11-12-14-21-31(25,29-17(3)4)30-18(5)6/h17-19H,7-16H2,1-6H3,(H,21,25)(H,22,26)(H,23,24)/t19-/m0/s1. The van der Waals surface area contributed by atoms with Crippen molar-refractivity contribution in [1.82, 2.24) is 10.2 Å². The van der Waals surface area contributed by atoms with Gasteiger partial charge in [-0.1, -0.05) is 33.1 Å². The zero-order chi connectivity index (χ0) is 24.6. The van der Waals surface area contributed by atoms with Crippen LogP contribution in [-0.4, -0.2) is 49.1 Å². The van der Waals surface area contributed by atoms with Crippen LogP contribution in [0.3, 0.4) is 0 Å². The number of unbranched alkanes of at least 4 members (excludes halogenated alkanes) is 3. The first-order chi connectivity index (χ1) is 15.0. The topological polar surface area (TPSA) is 132 Å². The summed E-state index contributed by atoms with van der Waals surface area (Å²) in [5.41, 5.74) is 0. The van der Waals surface area contributed by atoms with E-state index in [1.54, 1.807) is 27.7 Å². The van der Waals surface area contributed by atoms with Crippen molar-refractivity contribution >= 4 is 21.5 Å². The van der Waals surface area contributed by atoms with Crippen molar-refractivity contribution in [2.45, 2.75) is 105 Å². The lowest BCUT2D eigenvalue weighted by Gasteiger charge is -2.24. The third-order valence-electron chi connectivity index (χ3n) is 4.05. The van der Waals surface area contributed by atoms with Crippen LogP contribution >= 0.6 is 15.5 Å². The lowest BCUT2D eigenvalue weighted by molar-refractivity contribution is -0.139. The van der Waals surface area contributed by atoms with Gasteiger partial charge in [0.1, 0.15) is 6.04 Å². The molecule has 192 valence electrons. The third kappa shape index (κ3) is 15.5. The average Bonchev–Trinajstić information content (AvgIpc) is 2.65. The van der Waals surface area contributed by atoms with Gasteiger partial charge in [0.2, 0.25) is 0 Å². The van der Waals surface area contributed by atoms with E-state index in [0.717, 1.165) is 12.8 Å². The maximum absolute atomic E-state index is 13.0. The Balaban J connectivity index is 4.78. The lowest BCUT2D eigenvalue weighted by Crippen LogP contribution is -2.36. The van der Waals surface area contributed by atoms with Gasteiger partial charge in [0.15, 0.2) is 0 Å². The molecule has 0 saturated heterocycles. The summed E-state index contributed by atoms with van der Waals surface area (Å²) >= 11 is 0. The van der Waals surface area contributed by atoms with Crippen LogP contribution in [0.2, 0.25) is 0 Å². The summed E-state index contributed by atoms with van der Waals surface area (Å²) < 4.78 is 47.4. The number of nitrogens with one attached hydrogen (secondary N) is 2. The largest absolute Gasteiger partial charge is 0.480 e. The highest BCUT2D eigenvalue weighted by Crippen LogP contribution is 2.46. The van der Waals surface area contributed by atoms with Gasteiger partial charge >= 0.3 is 21.5 Å². The molecule has 0 aromatic rings. The molecule has 0 saturated carbocycles. The molecule has 0 rings (SSSR count). The molecule has 3 N–H and O–H groups in total. The van der Waals surface area contributed by atoms with Crippen molar-refractivity contribution in [3.05, 3.63) is 0 Å². The van der Waals surface area contributed by atoms with E-state index < -0.39 is 27.5 Å². The van der Waals surface area contributed by atoms with Crippen LogP contribution < -0.4 is 10.2 Å². The van der Waals surface area contributed by atoms with Crippen LogP contribution in [0.25, 0.3) is 0 Å². The molecule has 0 aromatic carbocycles. The fraction of sp³-hybridized carbons (Fsp3) is 0.950. The van der Waals surface area contributed by atoms with Gasteiger partial charge in [-0.3, -0.25) is 22.9 Å². The second kappa shape index (κ2) is 17.2. The number of rotatable bonds is 21. The van der Waals surface area contributed by atoms with Crippen molar-refractivity contribution in [1.29, 1.82) is 0 Å². The van der Waals surface area contributed by atoms with Gasteiger partial charge in [-0.15, -0.1) is 0 Å². The molecule has 10 nitrogen and oxygen atoms in total. The van der Waals surface area contributed by atoms with E-state index in [2.05, 4.69) is 10.2 Å². The monoisotopic (exact) mass is 502 g/mol. The molecule has 0 bridgehead atoms. The van der Waals surface area contributed by atoms with Gasteiger partial charge in [-0.25, -0.2) is 19.3 Å². The molecule has 0 aliphatic carbocycles. The minimum atomic E-state index is -3.73. The Morgan fingerprint density at radius 2 is 1.34 bits per heavy atom. The highest BCUT2D eigenvalue weighted by molar-refractivity contribution is 7.52. The Labute approximate surface area is 193 Å². The quantitative estimate of drug-likeness (QED) is 0.137. The van der Waals surface area contributed by atoms with Gasteiger partial charge < -0.3 is 5.11 Å². The van der Waals surface area contributed by atoms with Gasteiger partial charge in [0.05, 0.1) is 25.4 Å². The van der Waals surface area contributed by atoms with Crippen molar-refractivity contribution in [3.8, 4) is 0 Å². The summed E-state index contributed by atoms with van der Waals surface area (Å²) in [6.07, 6.45) is 3.76. The molecule has 32 heavy (non-hydrogen) atoms. The van der Waals surface area contributed by atoms with Crippen molar-refractivity contribution in [3.63, 3.8) is 0 Å². The van der Waals surface area contributed by atoms with E-state index in [-0.39, 0.29) is 31.8 Å². The molecule has 0 fully saturated rings. The van der Waals surface area contributed by atoms with Crippen LogP contribution in [0.4, 0.5) is 0 Å². The van der Waals surface area contributed by atoms with Crippen LogP contribution in [0.5, 0.6) is 0 Å². The average molecular weight is 503 g/mol.